The van der Waals surface area contributed by atoms with Crippen LogP contribution in [0.2, 0.25) is 0 Å². The van der Waals surface area contributed by atoms with Crippen molar-refractivity contribution in [1.82, 2.24) is 5.32 Å². The number of amides is 1. The highest BCUT2D eigenvalue weighted by molar-refractivity contribution is 6.01. The quantitative estimate of drug-likeness (QED) is 0.602. The van der Waals surface area contributed by atoms with Crippen LogP contribution in [0.1, 0.15) is 39.1 Å². The van der Waals surface area contributed by atoms with Crippen molar-refractivity contribution in [2.24, 2.45) is 0 Å². The first-order valence-corrected chi connectivity index (χ1v) is 7.91. The molecule has 0 saturated heterocycles. The molecule has 0 unspecified atom stereocenters. The second-order valence-electron chi connectivity index (χ2n) is 5.60. The molecule has 132 valence electrons. The molecule has 0 spiro atoms. The Bertz CT molecular complexity index is 710. The molecule has 2 aromatic carbocycles. The van der Waals surface area contributed by atoms with Crippen molar-refractivity contribution < 1.29 is 22.8 Å². The third kappa shape index (κ3) is 5.74. The SMILES string of the molecule is O=C(NCCCCc1ccccc1)c1ccc(C(=O)C(F)(F)F)cc1. The fourth-order valence-corrected chi connectivity index (χ4v) is 2.34. The number of unbranched alkanes of at least 4 members (excludes halogenated alkanes) is 1. The molecule has 6 heteroatoms. The number of hydrogen-bond donors (Lipinski definition) is 1. The van der Waals surface area contributed by atoms with E-state index in [-0.39, 0.29) is 11.5 Å². The highest BCUT2D eigenvalue weighted by Gasteiger charge is 2.39. The largest absolute Gasteiger partial charge is 0.454 e. The van der Waals surface area contributed by atoms with Gasteiger partial charge in [-0.3, -0.25) is 9.59 Å². The average Bonchev–Trinajstić information content (AvgIpc) is 2.61. The number of hydrogen-bond acceptors (Lipinski definition) is 2. The van der Waals surface area contributed by atoms with Crippen LogP contribution < -0.4 is 5.32 Å². The van der Waals surface area contributed by atoms with Gasteiger partial charge in [0, 0.05) is 17.7 Å². The lowest BCUT2D eigenvalue weighted by Gasteiger charge is -2.07. The molecule has 0 fully saturated rings. The van der Waals surface area contributed by atoms with Crippen LogP contribution in [0.5, 0.6) is 0 Å². The number of Topliss-reactive ketones (excluding diaryl/α,β-unsaturated/α-hetero) is 1. The number of carbonyl (C=O) groups excluding carboxylic acids is 2. The Morgan fingerprint density at radius 2 is 1.44 bits per heavy atom. The Kier molecular flexibility index (Phi) is 6.33. The van der Waals surface area contributed by atoms with Gasteiger partial charge in [-0.05, 0) is 37.0 Å². The Morgan fingerprint density at radius 1 is 0.840 bits per heavy atom. The Morgan fingerprint density at radius 3 is 2.04 bits per heavy atom. The molecule has 0 bridgehead atoms. The molecule has 0 heterocycles. The topological polar surface area (TPSA) is 46.2 Å². The van der Waals surface area contributed by atoms with E-state index in [1.54, 1.807) is 0 Å². The molecule has 0 radical (unpaired) electrons. The summed E-state index contributed by atoms with van der Waals surface area (Å²) in [5.74, 6) is -2.29. The van der Waals surface area contributed by atoms with E-state index in [1.807, 2.05) is 30.3 Å². The second kappa shape index (κ2) is 8.46. The summed E-state index contributed by atoms with van der Waals surface area (Å²) in [6.45, 7) is 0.481. The van der Waals surface area contributed by atoms with Gasteiger partial charge in [-0.2, -0.15) is 13.2 Å². The Balaban J connectivity index is 1.76. The second-order valence-corrected chi connectivity index (χ2v) is 5.60. The molecule has 0 aromatic heterocycles. The van der Waals surface area contributed by atoms with Crippen LogP contribution in [0.15, 0.2) is 54.6 Å². The van der Waals surface area contributed by atoms with Crippen LogP contribution in [-0.2, 0) is 6.42 Å². The van der Waals surface area contributed by atoms with Gasteiger partial charge in [-0.1, -0.05) is 42.5 Å². The first kappa shape index (κ1) is 18.7. The van der Waals surface area contributed by atoms with Crippen molar-refractivity contribution in [3.05, 3.63) is 71.3 Å². The maximum atomic E-state index is 12.3. The van der Waals surface area contributed by atoms with Gasteiger partial charge in [0.25, 0.3) is 11.7 Å². The van der Waals surface area contributed by atoms with E-state index in [4.69, 9.17) is 0 Å². The Hall–Kier alpha value is -2.63. The van der Waals surface area contributed by atoms with Gasteiger partial charge in [0.2, 0.25) is 0 Å². The first-order chi connectivity index (χ1) is 11.9. The normalized spacial score (nSPS) is 11.2. The van der Waals surface area contributed by atoms with Crippen molar-refractivity contribution in [1.29, 1.82) is 0 Å². The van der Waals surface area contributed by atoms with Crippen LogP contribution in [0.25, 0.3) is 0 Å². The summed E-state index contributed by atoms with van der Waals surface area (Å²) in [4.78, 5) is 23.0. The van der Waals surface area contributed by atoms with Gasteiger partial charge < -0.3 is 5.32 Å². The van der Waals surface area contributed by atoms with Crippen LogP contribution in [0.4, 0.5) is 13.2 Å². The average molecular weight is 349 g/mol. The van der Waals surface area contributed by atoms with Crippen LogP contribution in [-0.4, -0.2) is 24.4 Å². The van der Waals surface area contributed by atoms with Crippen molar-refractivity contribution in [2.75, 3.05) is 6.54 Å². The lowest BCUT2D eigenvalue weighted by Crippen LogP contribution is -2.25. The predicted molar refractivity (Wildman–Crippen MR) is 88.5 cm³/mol. The minimum absolute atomic E-state index is 0.224. The zero-order chi connectivity index (χ0) is 18.3. The molecule has 3 nitrogen and oxygen atoms in total. The van der Waals surface area contributed by atoms with Gasteiger partial charge in [0.1, 0.15) is 0 Å². The van der Waals surface area contributed by atoms with Crippen molar-refractivity contribution in [3.63, 3.8) is 0 Å². The summed E-state index contributed by atoms with van der Waals surface area (Å²) in [6.07, 6.45) is -2.28. The van der Waals surface area contributed by atoms with Crippen LogP contribution in [0, 0.1) is 0 Å². The number of halogens is 3. The molecule has 2 rings (SSSR count). The fraction of sp³-hybridized carbons (Fsp3) is 0.263. The van der Waals surface area contributed by atoms with Gasteiger partial charge in [-0.15, -0.1) is 0 Å². The van der Waals surface area contributed by atoms with Crippen LogP contribution in [0.3, 0.4) is 0 Å². The standard InChI is InChI=1S/C19H18F3NO2/c20-19(21,22)17(24)15-9-11-16(12-10-15)18(25)23-13-5-4-8-14-6-2-1-3-7-14/h1-3,6-7,9-12H,4-5,8,13H2,(H,23,25). The smallest absolute Gasteiger partial charge is 0.352 e. The van der Waals surface area contributed by atoms with Crippen molar-refractivity contribution >= 4 is 11.7 Å². The fourth-order valence-electron chi connectivity index (χ4n) is 2.34. The summed E-state index contributed by atoms with van der Waals surface area (Å²) in [5.41, 5.74) is 0.979. The van der Waals surface area contributed by atoms with E-state index in [2.05, 4.69) is 5.32 Å². The van der Waals surface area contributed by atoms with Crippen molar-refractivity contribution in [3.8, 4) is 0 Å². The maximum Gasteiger partial charge on any atom is 0.454 e. The number of nitrogens with one attached hydrogen (secondary N) is 1. The molecule has 2 aromatic rings. The summed E-state index contributed by atoms with van der Waals surface area (Å²) in [7, 11) is 0. The molecular formula is C19H18F3NO2. The first-order valence-electron chi connectivity index (χ1n) is 7.91. The number of rotatable bonds is 7. The molecule has 0 aliphatic heterocycles. The van der Waals surface area contributed by atoms with Crippen LogP contribution >= 0.6 is 0 Å². The summed E-state index contributed by atoms with van der Waals surface area (Å²) >= 11 is 0. The summed E-state index contributed by atoms with van der Waals surface area (Å²) in [6, 6.07) is 14.5. The van der Waals surface area contributed by atoms with E-state index in [1.165, 1.54) is 17.7 Å². The molecule has 0 aliphatic rings. The minimum atomic E-state index is -4.91. The molecule has 0 saturated carbocycles. The van der Waals surface area contributed by atoms with Gasteiger partial charge in [-0.25, -0.2) is 0 Å². The maximum absolute atomic E-state index is 12.3. The van der Waals surface area contributed by atoms with Crippen molar-refractivity contribution in [2.45, 2.75) is 25.4 Å². The molecule has 1 amide bonds. The molecule has 0 aliphatic carbocycles. The van der Waals surface area contributed by atoms with Gasteiger partial charge >= 0.3 is 6.18 Å². The molecule has 1 N–H and O–H groups in total. The van der Waals surface area contributed by atoms with E-state index in [9.17, 15) is 22.8 Å². The monoisotopic (exact) mass is 349 g/mol. The number of carbonyl (C=O) groups is 2. The lowest BCUT2D eigenvalue weighted by atomic mass is 10.1. The zero-order valence-corrected chi connectivity index (χ0v) is 13.5. The molecule has 25 heavy (non-hydrogen) atoms. The Labute approximate surface area is 143 Å². The van der Waals surface area contributed by atoms with E-state index in [0.29, 0.717) is 6.54 Å². The van der Waals surface area contributed by atoms with E-state index in [0.717, 1.165) is 31.4 Å². The molecule has 0 atom stereocenters. The van der Waals surface area contributed by atoms with Gasteiger partial charge in [0.15, 0.2) is 0 Å². The molecular weight excluding hydrogens is 331 g/mol. The van der Waals surface area contributed by atoms with E-state index < -0.39 is 17.5 Å². The number of benzene rings is 2. The third-order valence-corrected chi connectivity index (χ3v) is 3.69. The summed E-state index contributed by atoms with van der Waals surface area (Å²) in [5, 5.41) is 2.72. The minimum Gasteiger partial charge on any atom is -0.352 e. The number of aryl methyl sites for hydroxylation is 1. The zero-order valence-electron chi connectivity index (χ0n) is 13.5. The number of alkyl halides is 3. The lowest BCUT2D eigenvalue weighted by molar-refractivity contribution is -0.0885. The van der Waals surface area contributed by atoms with Gasteiger partial charge in [0.05, 0.1) is 0 Å². The highest BCUT2D eigenvalue weighted by atomic mass is 19.4. The third-order valence-electron chi connectivity index (χ3n) is 3.69. The number of ketones is 1. The predicted octanol–water partition coefficient (Wildman–Crippen LogP) is 4.18. The van der Waals surface area contributed by atoms with E-state index >= 15 is 0 Å². The summed E-state index contributed by atoms with van der Waals surface area (Å²) < 4.78 is 37.0. The highest BCUT2D eigenvalue weighted by Crippen LogP contribution is 2.21.